The lowest BCUT2D eigenvalue weighted by atomic mass is 9.86. The maximum atomic E-state index is 5.52. The summed E-state index contributed by atoms with van der Waals surface area (Å²) in [6, 6.07) is 10.5. The summed E-state index contributed by atoms with van der Waals surface area (Å²) < 4.78 is 1.26. The van der Waals surface area contributed by atoms with Gasteiger partial charge in [-0.3, -0.25) is 0 Å². The molecule has 0 unspecified atom stereocenters. The fourth-order valence-corrected chi connectivity index (χ4v) is 5.66. The highest BCUT2D eigenvalue weighted by Crippen LogP contribution is 2.40. The molecule has 0 nitrogen and oxygen atoms in total. The van der Waals surface area contributed by atoms with Crippen molar-refractivity contribution in [3.8, 4) is 0 Å². The minimum absolute atomic E-state index is 0.207. The third-order valence-corrected chi connectivity index (χ3v) is 5.30. The molecule has 0 atom stereocenters. The van der Waals surface area contributed by atoms with Crippen LogP contribution in [-0.2, 0) is 5.75 Å². The van der Waals surface area contributed by atoms with Gasteiger partial charge in [-0.1, -0.05) is 77.2 Å². The van der Waals surface area contributed by atoms with Crippen LogP contribution in [0, 0.1) is 5.41 Å². The normalized spacial score (nSPS) is 12.5. The summed E-state index contributed by atoms with van der Waals surface area (Å²) in [5, 5.41) is 0. The molecule has 1 aromatic carbocycles. The summed E-state index contributed by atoms with van der Waals surface area (Å²) in [6.07, 6.45) is 1.16. The van der Waals surface area contributed by atoms with Crippen LogP contribution in [0.5, 0.6) is 0 Å². The highest BCUT2D eigenvalue weighted by molar-refractivity contribution is 8.47. The van der Waals surface area contributed by atoms with Crippen LogP contribution in [0.15, 0.2) is 30.3 Å². The Balaban J connectivity index is 2.43. The first-order chi connectivity index (χ1) is 8.68. The minimum atomic E-state index is 0.207. The third kappa shape index (κ3) is 8.01. The standard InChI is InChI=1S/C16H24S3/c1-15(2,3)12-16(4,5)19-14(17)18-11-13-9-7-6-8-10-13/h6-10H,11-12H2,1-5H3. The van der Waals surface area contributed by atoms with Crippen molar-refractivity contribution in [3.05, 3.63) is 35.9 Å². The van der Waals surface area contributed by atoms with Crippen LogP contribution in [0.1, 0.15) is 46.6 Å². The predicted molar refractivity (Wildman–Crippen MR) is 96.1 cm³/mol. The van der Waals surface area contributed by atoms with E-state index in [9.17, 15) is 0 Å². The van der Waals surface area contributed by atoms with Gasteiger partial charge in [0.05, 0.1) is 0 Å². The molecule has 0 saturated heterocycles. The fourth-order valence-electron chi connectivity index (χ4n) is 2.28. The van der Waals surface area contributed by atoms with Crippen molar-refractivity contribution in [2.45, 2.75) is 51.5 Å². The molecule has 1 rings (SSSR count). The summed E-state index contributed by atoms with van der Waals surface area (Å²) in [5.41, 5.74) is 1.68. The molecular formula is C16H24S3. The van der Waals surface area contributed by atoms with Crippen LogP contribution in [0.25, 0.3) is 0 Å². The van der Waals surface area contributed by atoms with Gasteiger partial charge in [-0.15, -0.1) is 23.5 Å². The van der Waals surface area contributed by atoms with Gasteiger partial charge in [-0.2, -0.15) is 0 Å². The van der Waals surface area contributed by atoms with Crippen LogP contribution in [0.2, 0.25) is 0 Å². The summed E-state index contributed by atoms with van der Waals surface area (Å²) in [4.78, 5) is 0. The molecule has 106 valence electrons. The Morgan fingerprint density at radius 1 is 1.05 bits per heavy atom. The van der Waals surface area contributed by atoms with Crippen molar-refractivity contribution in [1.82, 2.24) is 0 Å². The van der Waals surface area contributed by atoms with E-state index in [1.165, 1.54) is 5.56 Å². The molecular weight excluding hydrogens is 288 g/mol. The van der Waals surface area contributed by atoms with Crippen molar-refractivity contribution in [3.63, 3.8) is 0 Å². The molecule has 0 fully saturated rings. The first-order valence-electron chi connectivity index (χ1n) is 6.58. The third-order valence-electron chi connectivity index (χ3n) is 2.52. The van der Waals surface area contributed by atoms with E-state index in [0.29, 0.717) is 5.41 Å². The zero-order chi connectivity index (χ0) is 14.5. The Kier molecular flexibility index (Phi) is 6.41. The van der Waals surface area contributed by atoms with Crippen molar-refractivity contribution < 1.29 is 0 Å². The Morgan fingerprint density at radius 2 is 1.63 bits per heavy atom. The van der Waals surface area contributed by atoms with Gasteiger partial charge in [0.15, 0.2) is 0 Å². The van der Waals surface area contributed by atoms with Gasteiger partial charge in [0.25, 0.3) is 0 Å². The van der Waals surface area contributed by atoms with Gasteiger partial charge in [-0.05, 0) is 17.4 Å². The molecule has 0 aromatic heterocycles. The smallest absolute Gasteiger partial charge is 0.103 e. The summed E-state index contributed by atoms with van der Waals surface area (Å²) in [7, 11) is 0. The monoisotopic (exact) mass is 312 g/mol. The summed E-state index contributed by atoms with van der Waals surface area (Å²) >= 11 is 9.14. The number of benzene rings is 1. The second-order valence-corrected chi connectivity index (χ2v) is 10.5. The van der Waals surface area contributed by atoms with E-state index in [1.54, 1.807) is 11.8 Å². The number of thiocarbonyl (C=S) groups is 1. The van der Waals surface area contributed by atoms with E-state index < -0.39 is 0 Å². The van der Waals surface area contributed by atoms with Crippen LogP contribution >= 0.6 is 35.7 Å². The van der Waals surface area contributed by atoms with Gasteiger partial charge in [0.2, 0.25) is 0 Å². The van der Waals surface area contributed by atoms with Gasteiger partial charge in [-0.25, -0.2) is 0 Å². The number of hydrogen-bond donors (Lipinski definition) is 0. The predicted octanol–water partition coefficient (Wildman–Crippen LogP) is 6.15. The number of rotatable bonds is 4. The fraction of sp³-hybridized carbons (Fsp3) is 0.562. The summed E-state index contributed by atoms with van der Waals surface area (Å²) in [6.45, 7) is 11.4. The van der Waals surface area contributed by atoms with E-state index in [-0.39, 0.29) is 4.75 Å². The molecule has 0 aliphatic rings. The van der Waals surface area contributed by atoms with E-state index in [0.717, 1.165) is 15.7 Å². The number of thioether (sulfide) groups is 2. The van der Waals surface area contributed by atoms with Crippen LogP contribution < -0.4 is 0 Å². The second kappa shape index (κ2) is 7.14. The van der Waals surface area contributed by atoms with Gasteiger partial charge >= 0.3 is 0 Å². The molecule has 0 aliphatic heterocycles. The van der Waals surface area contributed by atoms with E-state index in [4.69, 9.17) is 12.2 Å². The first-order valence-corrected chi connectivity index (χ1v) is 8.79. The maximum absolute atomic E-state index is 5.52. The van der Waals surface area contributed by atoms with Gasteiger partial charge in [0, 0.05) is 10.5 Å². The molecule has 0 aliphatic carbocycles. The maximum Gasteiger partial charge on any atom is 0.105 e. The average Bonchev–Trinajstić information content (AvgIpc) is 2.23. The van der Waals surface area contributed by atoms with Crippen LogP contribution in [0.3, 0.4) is 0 Å². The summed E-state index contributed by atoms with van der Waals surface area (Å²) in [5.74, 6) is 0.971. The zero-order valence-electron chi connectivity index (χ0n) is 12.5. The topological polar surface area (TPSA) is 0 Å². The van der Waals surface area contributed by atoms with Crippen molar-refractivity contribution in [2.75, 3.05) is 0 Å². The minimum Gasteiger partial charge on any atom is -0.103 e. The highest BCUT2D eigenvalue weighted by atomic mass is 32.2. The van der Waals surface area contributed by atoms with E-state index in [1.807, 2.05) is 17.8 Å². The van der Waals surface area contributed by atoms with Crippen molar-refractivity contribution in [2.24, 2.45) is 5.41 Å². The Morgan fingerprint density at radius 3 is 2.16 bits per heavy atom. The highest BCUT2D eigenvalue weighted by Gasteiger charge is 2.27. The Hall–Kier alpha value is 0.01000. The lowest BCUT2D eigenvalue weighted by molar-refractivity contribution is 0.340. The number of hydrogen-bond acceptors (Lipinski definition) is 3. The molecule has 0 amide bonds. The molecule has 0 heterocycles. The molecule has 1 aromatic rings. The van der Waals surface area contributed by atoms with Crippen molar-refractivity contribution >= 4 is 39.3 Å². The van der Waals surface area contributed by atoms with Crippen LogP contribution in [-0.4, -0.2) is 8.28 Å². The quantitative estimate of drug-likeness (QED) is 0.612. The molecule has 0 radical (unpaired) electrons. The van der Waals surface area contributed by atoms with E-state index >= 15 is 0 Å². The molecule has 0 N–H and O–H groups in total. The lowest BCUT2D eigenvalue weighted by Gasteiger charge is -2.31. The zero-order valence-corrected chi connectivity index (χ0v) is 15.0. The average molecular weight is 313 g/mol. The first kappa shape index (κ1) is 17.1. The molecule has 3 heteroatoms. The second-order valence-electron chi connectivity index (χ2n) is 6.62. The molecule has 0 bridgehead atoms. The molecule has 19 heavy (non-hydrogen) atoms. The van der Waals surface area contributed by atoms with Gasteiger partial charge in [0.1, 0.15) is 3.53 Å². The van der Waals surface area contributed by atoms with Crippen LogP contribution in [0.4, 0.5) is 0 Å². The van der Waals surface area contributed by atoms with Gasteiger partial charge < -0.3 is 0 Å². The lowest BCUT2D eigenvalue weighted by Crippen LogP contribution is -2.24. The SMILES string of the molecule is CC(C)(C)CC(C)(C)SC(=S)SCc1ccccc1. The Labute approximate surface area is 132 Å². The largest absolute Gasteiger partial charge is 0.105 e. The molecule has 0 saturated carbocycles. The Bertz CT molecular complexity index is 402. The van der Waals surface area contributed by atoms with Crippen molar-refractivity contribution in [1.29, 1.82) is 0 Å². The van der Waals surface area contributed by atoms with E-state index in [2.05, 4.69) is 58.9 Å². The molecule has 0 spiro atoms.